The second-order valence-electron chi connectivity index (χ2n) is 3.54. The van der Waals surface area contributed by atoms with Crippen molar-refractivity contribution in [3.05, 3.63) is 0 Å². The molecule has 2 unspecified atom stereocenters. The number of hydrogen-bond acceptors (Lipinski definition) is 4. The summed E-state index contributed by atoms with van der Waals surface area (Å²) in [5, 5.41) is 8.52. The molecule has 0 fully saturated rings. The van der Waals surface area contributed by atoms with Gasteiger partial charge in [0.15, 0.2) is 0 Å². The molecule has 0 rings (SSSR count). The molecule has 0 aromatic heterocycles. The number of aliphatic hydroxyl groups excluding tert-OH is 1. The maximum atomic E-state index is 10.7. The zero-order valence-electron chi connectivity index (χ0n) is 9.77. The van der Waals surface area contributed by atoms with Gasteiger partial charge in [-0.3, -0.25) is 0 Å². The van der Waals surface area contributed by atoms with Gasteiger partial charge in [0.25, 0.3) is 0 Å². The largest absolute Gasteiger partial charge is 1.00 e. The molecule has 0 bridgehead atoms. The van der Waals surface area contributed by atoms with E-state index in [-0.39, 0.29) is 36.0 Å². The fourth-order valence-electron chi connectivity index (χ4n) is 1.41. The first kappa shape index (κ1) is 18.2. The molecule has 0 aliphatic heterocycles. The average Bonchev–Trinajstić information content (AvgIpc) is 2.03. The monoisotopic (exact) mass is 246 g/mol. The molecule has 0 amide bonds. The Morgan fingerprint density at radius 2 is 1.73 bits per heavy atom. The van der Waals surface area contributed by atoms with Gasteiger partial charge < -0.3 is 9.66 Å². The predicted octanol–water partition coefficient (Wildman–Crippen LogP) is -1.74. The zero-order chi connectivity index (χ0) is 11.2. The molecule has 0 aromatic carbocycles. The van der Waals surface area contributed by atoms with Crippen LogP contribution in [0.2, 0.25) is 0 Å². The van der Waals surface area contributed by atoms with E-state index in [1.54, 1.807) is 6.92 Å². The molecule has 0 saturated carbocycles. The summed E-state index contributed by atoms with van der Waals surface area (Å²) in [6, 6.07) is 0. The Morgan fingerprint density at radius 3 is 2.07 bits per heavy atom. The minimum absolute atomic E-state index is 0. The van der Waals surface area contributed by atoms with E-state index in [2.05, 4.69) is 0 Å². The Kier molecular flexibility index (Phi) is 10.9. The minimum Gasteiger partial charge on any atom is -0.748 e. The Labute approximate surface area is 114 Å². The molecular weight excluding hydrogens is 227 g/mol. The van der Waals surface area contributed by atoms with Gasteiger partial charge in [-0.05, 0) is 25.7 Å². The minimum atomic E-state index is -4.19. The van der Waals surface area contributed by atoms with E-state index >= 15 is 0 Å². The standard InChI is InChI=1S/C9H20O4S.Na/c1-3-5-8(10)6-7-9(4-2)14(11,12)13;/h8-10H,3-7H2,1-2H3,(H,11,12,13);/q;+1/p-1. The van der Waals surface area contributed by atoms with E-state index in [1.807, 2.05) is 6.92 Å². The first-order valence-corrected chi connectivity index (χ1v) is 6.51. The maximum absolute atomic E-state index is 10.7. The van der Waals surface area contributed by atoms with Gasteiger partial charge in [-0.2, -0.15) is 0 Å². The van der Waals surface area contributed by atoms with Crippen molar-refractivity contribution in [2.45, 2.75) is 57.3 Å². The van der Waals surface area contributed by atoms with Crippen LogP contribution in [0.15, 0.2) is 0 Å². The topological polar surface area (TPSA) is 77.4 Å². The van der Waals surface area contributed by atoms with Crippen molar-refractivity contribution in [3.63, 3.8) is 0 Å². The van der Waals surface area contributed by atoms with Crippen LogP contribution in [0.5, 0.6) is 0 Å². The quantitative estimate of drug-likeness (QED) is 0.427. The molecule has 0 radical (unpaired) electrons. The molecule has 2 atom stereocenters. The third kappa shape index (κ3) is 8.65. The summed E-state index contributed by atoms with van der Waals surface area (Å²) in [7, 11) is -4.19. The molecule has 4 nitrogen and oxygen atoms in total. The molecule has 0 aliphatic carbocycles. The third-order valence-corrected chi connectivity index (χ3v) is 3.69. The molecule has 0 aliphatic rings. The Hall–Kier alpha value is 0.870. The SMILES string of the molecule is CCCC(O)CCC(CC)S(=O)(=O)[O-].[Na+]. The van der Waals surface area contributed by atoms with Gasteiger partial charge in [0, 0.05) is 5.25 Å². The molecule has 86 valence electrons. The van der Waals surface area contributed by atoms with Gasteiger partial charge in [-0.25, -0.2) is 8.42 Å². The van der Waals surface area contributed by atoms with Crippen molar-refractivity contribution in [1.29, 1.82) is 0 Å². The summed E-state index contributed by atoms with van der Waals surface area (Å²) < 4.78 is 32.1. The molecule has 6 heteroatoms. The molecule has 1 N–H and O–H groups in total. The summed E-state index contributed by atoms with van der Waals surface area (Å²) >= 11 is 0. The first-order valence-electron chi connectivity index (χ1n) is 5.04. The summed E-state index contributed by atoms with van der Waals surface area (Å²) in [5.41, 5.74) is 0. The summed E-state index contributed by atoms with van der Waals surface area (Å²) in [6.45, 7) is 3.62. The van der Waals surface area contributed by atoms with Crippen LogP contribution in [0.1, 0.15) is 46.0 Å². The first-order chi connectivity index (χ1) is 6.41. The van der Waals surface area contributed by atoms with Crippen LogP contribution in [0.3, 0.4) is 0 Å². The van der Waals surface area contributed by atoms with Gasteiger partial charge in [-0.1, -0.05) is 20.3 Å². The smallest absolute Gasteiger partial charge is 0.748 e. The second-order valence-corrected chi connectivity index (χ2v) is 5.20. The van der Waals surface area contributed by atoms with Crippen molar-refractivity contribution < 1.29 is 47.6 Å². The van der Waals surface area contributed by atoms with E-state index in [4.69, 9.17) is 0 Å². The van der Waals surface area contributed by atoms with Crippen LogP contribution in [0.4, 0.5) is 0 Å². The van der Waals surface area contributed by atoms with E-state index in [0.29, 0.717) is 19.3 Å². The van der Waals surface area contributed by atoms with Crippen molar-refractivity contribution in [3.8, 4) is 0 Å². The Balaban J connectivity index is 0. The van der Waals surface area contributed by atoms with E-state index in [9.17, 15) is 18.1 Å². The molecule has 15 heavy (non-hydrogen) atoms. The van der Waals surface area contributed by atoms with Crippen LogP contribution >= 0.6 is 0 Å². The number of rotatable bonds is 7. The van der Waals surface area contributed by atoms with Gasteiger partial charge in [0.1, 0.15) is 0 Å². The summed E-state index contributed by atoms with van der Waals surface area (Å²) in [5.74, 6) is 0. The molecule has 0 saturated heterocycles. The van der Waals surface area contributed by atoms with Crippen LogP contribution in [0, 0.1) is 0 Å². The number of hydrogen-bond donors (Lipinski definition) is 1. The van der Waals surface area contributed by atoms with Crippen molar-refractivity contribution >= 4 is 10.1 Å². The van der Waals surface area contributed by atoms with Gasteiger partial charge in [0.2, 0.25) is 0 Å². The maximum Gasteiger partial charge on any atom is 1.00 e. The molecule has 0 heterocycles. The third-order valence-electron chi connectivity index (χ3n) is 2.31. The number of aliphatic hydroxyl groups is 1. The summed E-state index contributed by atoms with van der Waals surface area (Å²) in [6.07, 6.45) is 2.04. The fourth-order valence-corrected chi connectivity index (χ4v) is 2.24. The van der Waals surface area contributed by atoms with Crippen molar-refractivity contribution in [2.24, 2.45) is 0 Å². The van der Waals surface area contributed by atoms with Gasteiger partial charge >= 0.3 is 29.6 Å². The summed E-state index contributed by atoms with van der Waals surface area (Å²) in [4.78, 5) is 0. The van der Waals surface area contributed by atoms with Crippen LogP contribution < -0.4 is 29.6 Å². The molecule has 0 spiro atoms. The van der Waals surface area contributed by atoms with Gasteiger partial charge in [0.05, 0.1) is 16.2 Å². The van der Waals surface area contributed by atoms with E-state index in [0.717, 1.165) is 6.42 Å². The Morgan fingerprint density at radius 1 is 1.20 bits per heavy atom. The van der Waals surface area contributed by atoms with Crippen LogP contribution in [0.25, 0.3) is 0 Å². The van der Waals surface area contributed by atoms with E-state index < -0.39 is 21.5 Å². The van der Waals surface area contributed by atoms with Gasteiger partial charge in [-0.15, -0.1) is 0 Å². The molecular formula is C9H19NaO4S. The van der Waals surface area contributed by atoms with Crippen LogP contribution in [-0.2, 0) is 10.1 Å². The fraction of sp³-hybridized carbons (Fsp3) is 1.00. The molecule has 0 aromatic rings. The zero-order valence-corrected chi connectivity index (χ0v) is 12.6. The predicted molar refractivity (Wildman–Crippen MR) is 53.9 cm³/mol. The van der Waals surface area contributed by atoms with Crippen molar-refractivity contribution in [2.75, 3.05) is 0 Å². The average molecular weight is 246 g/mol. The van der Waals surface area contributed by atoms with Crippen LogP contribution in [-0.4, -0.2) is 29.4 Å². The second kappa shape index (κ2) is 8.96. The van der Waals surface area contributed by atoms with Crippen molar-refractivity contribution in [1.82, 2.24) is 0 Å². The Bertz CT molecular complexity index is 240. The normalized spacial score (nSPS) is 15.5. The van der Waals surface area contributed by atoms with E-state index in [1.165, 1.54) is 0 Å².